The number of carbonyl (C=O) groups is 1. The molecule has 0 aliphatic carbocycles. The maximum atomic E-state index is 13.4. The molecule has 0 saturated carbocycles. The lowest BCUT2D eigenvalue weighted by Gasteiger charge is -2.17. The zero-order chi connectivity index (χ0) is 15.7. The lowest BCUT2D eigenvalue weighted by molar-refractivity contribution is 0.0776. The molecule has 0 fully saturated rings. The van der Waals surface area contributed by atoms with E-state index in [4.69, 9.17) is 0 Å². The summed E-state index contributed by atoms with van der Waals surface area (Å²) in [5.74, 6) is -0.381. The van der Waals surface area contributed by atoms with Crippen molar-refractivity contribution >= 4 is 16.8 Å². The van der Waals surface area contributed by atoms with Gasteiger partial charge in [-0.1, -0.05) is 30.3 Å². The lowest BCUT2D eigenvalue weighted by atomic mass is 10.2. The van der Waals surface area contributed by atoms with Gasteiger partial charge < -0.3 is 9.47 Å². The minimum atomic E-state index is -0.301. The molecule has 0 aliphatic rings. The van der Waals surface area contributed by atoms with E-state index in [2.05, 4.69) is 0 Å². The second kappa shape index (κ2) is 5.64. The minimum absolute atomic E-state index is 0.0806. The van der Waals surface area contributed by atoms with Crippen LogP contribution in [-0.4, -0.2) is 22.4 Å². The van der Waals surface area contributed by atoms with Crippen LogP contribution in [0.15, 0.2) is 54.6 Å². The molecule has 0 bridgehead atoms. The molecule has 0 unspecified atom stereocenters. The fraction of sp³-hybridized carbons (Fsp3) is 0.167. The van der Waals surface area contributed by atoms with Crippen LogP contribution in [0.3, 0.4) is 0 Å². The van der Waals surface area contributed by atoms with Gasteiger partial charge in [-0.2, -0.15) is 0 Å². The standard InChI is InChI=1S/C18H17FN2O/c1-20(12-13-6-4-3-5-7-13)18(22)17-10-14-8-9-15(19)11-16(14)21(17)2/h3-11H,12H2,1-2H3. The van der Waals surface area contributed by atoms with E-state index >= 15 is 0 Å². The summed E-state index contributed by atoms with van der Waals surface area (Å²) in [7, 11) is 3.55. The van der Waals surface area contributed by atoms with Crippen LogP contribution in [0.2, 0.25) is 0 Å². The van der Waals surface area contributed by atoms with Crippen molar-refractivity contribution in [1.29, 1.82) is 0 Å². The van der Waals surface area contributed by atoms with Gasteiger partial charge in [-0.25, -0.2) is 4.39 Å². The molecule has 1 amide bonds. The van der Waals surface area contributed by atoms with E-state index in [-0.39, 0.29) is 11.7 Å². The number of hydrogen-bond donors (Lipinski definition) is 0. The van der Waals surface area contributed by atoms with Crippen molar-refractivity contribution in [3.8, 4) is 0 Å². The minimum Gasteiger partial charge on any atom is -0.340 e. The van der Waals surface area contributed by atoms with Crippen molar-refractivity contribution in [3.63, 3.8) is 0 Å². The second-order valence-electron chi connectivity index (χ2n) is 5.44. The number of rotatable bonds is 3. The first-order chi connectivity index (χ1) is 10.6. The maximum absolute atomic E-state index is 13.4. The Labute approximate surface area is 128 Å². The highest BCUT2D eigenvalue weighted by Crippen LogP contribution is 2.21. The van der Waals surface area contributed by atoms with Gasteiger partial charge in [-0.15, -0.1) is 0 Å². The van der Waals surface area contributed by atoms with Gasteiger partial charge in [-0.05, 0) is 29.8 Å². The van der Waals surface area contributed by atoms with Gasteiger partial charge in [0.25, 0.3) is 5.91 Å². The van der Waals surface area contributed by atoms with Crippen LogP contribution in [0, 0.1) is 5.82 Å². The molecule has 4 heteroatoms. The Morgan fingerprint density at radius 1 is 1.14 bits per heavy atom. The summed E-state index contributed by atoms with van der Waals surface area (Å²) in [6.45, 7) is 0.537. The summed E-state index contributed by atoms with van der Waals surface area (Å²) in [5, 5.41) is 0.861. The molecule has 0 aliphatic heterocycles. The molecular weight excluding hydrogens is 279 g/mol. The first-order valence-corrected chi connectivity index (χ1v) is 7.10. The molecule has 0 saturated heterocycles. The first kappa shape index (κ1) is 14.3. The summed E-state index contributed by atoms with van der Waals surface area (Å²) in [6, 6.07) is 16.2. The van der Waals surface area contributed by atoms with Gasteiger partial charge in [0, 0.05) is 26.0 Å². The average Bonchev–Trinajstić information content (AvgIpc) is 2.84. The molecule has 0 N–H and O–H groups in total. The van der Waals surface area contributed by atoms with Crippen molar-refractivity contribution in [2.75, 3.05) is 7.05 Å². The highest BCUT2D eigenvalue weighted by atomic mass is 19.1. The molecule has 0 spiro atoms. The van der Waals surface area contributed by atoms with E-state index in [0.717, 1.165) is 16.5 Å². The summed E-state index contributed by atoms with van der Waals surface area (Å²) >= 11 is 0. The predicted octanol–water partition coefficient (Wildman–Crippen LogP) is 3.59. The van der Waals surface area contributed by atoms with Crippen LogP contribution in [0.4, 0.5) is 4.39 Å². The maximum Gasteiger partial charge on any atom is 0.270 e. The van der Waals surface area contributed by atoms with E-state index in [1.807, 2.05) is 30.3 Å². The normalized spacial score (nSPS) is 10.9. The number of aryl methyl sites for hydroxylation is 1. The van der Waals surface area contributed by atoms with Crippen LogP contribution in [0.5, 0.6) is 0 Å². The first-order valence-electron chi connectivity index (χ1n) is 7.10. The third-order valence-corrected chi connectivity index (χ3v) is 3.84. The number of nitrogens with zero attached hydrogens (tertiary/aromatic N) is 2. The zero-order valence-corrected chi connectivity index (χ0v) is 12.6. The van der Waals surface area contributed by atoms with E-state index in [0.29, 0.717) is 12.2 Å². The van der Waals surface area contributed by atoms with E-state index in [1.54, 1.807) is 35.7 Å². The molecule has 3 aromatic rings. The topological polar surface area (TPSA) is 25.2 Å². The molecule has 2 aromatic carbocycles. The number of halogens is 1. The molecule has 1 heterocycles. The lowest BCUT2D eigenvalue weighted by Crippen LogP contribution is -2.27. The van der Waals surface area contributed by atoms with E-state index < -0.39 is 0 Å². The van der Waals surface area contributed by atoms with E-state index in [1.165, 1.54) is 12.1 Å². The quantitative estimate of drug-likeness (QED) is 0.725. The van der Waals surface area contributed by atoms with Crippen LogP contribution in [0.25, 0.3) is 10.9 Å². The Morgan fingerprint density at radius 3 is 2.59 bits per heavy atom. The molecule has 1 aromatic heterocycles. The number of benzene rings is 2. The van der Waals surface area contributed by atoms with Gasteiger partial charge in [0.1, 0.15) is 11.5 Å². The van der Waals surface area contributed by atoms with Crippen molar-refractivity contribution in [2.45, 2.75) is 6.54 Å². The molecule has 22 heavy (non-hydrogen) atoms. The predicted molar refractivity (Wildman–Crippen MR) is 85.1 cm³/mol. The summed E-state index contributed by atoms with van der Waals surface area (Å²) in [6.07, 6.45) is 0. The van der Waals surface area contributed by atoms with E-state index in [9.17, 15) is 9.18 Å². The Balaban J connectivity index is 1.90. The van der Waals surface area contributed by atoms with Crippen molar-refractivity contribution in [3.05, 3.63) is 71.7 Å². The third-order valence-electron chi connectivity index (χ3n) is 3.84. The average molecular weight is 296 g/mol. The number of aromatic nitrogens is 1. The molecule has 3 rings (SSSR count). The number of hydrogen-bond acceptors (Lipinski definition) is 1. The number of fused-ring (bicyclic) bond motifs is 1. The SMILES string of the molecule is CN(Cc1ccccc1)C(=O)c1cc2ccc(F)cc2n1C. The largest absolute Gasteiger partial charge is 0.340 e. The third kappa shape index (κ3) is 2.60. The molecular formula is C18H17FN2O. The molecule has 0 atom stereocenters. The van der Waals surface area contributed by atoms with Gasteiger partial charge in [-0.3, -0.25) is 4.79 Å². The second-order valence-corrected chi connectivity index (χ2v) is 5.44. The summed E-state index contributed by atoms with van der Waals surface area (Å²) in [5.41, 5.74) is 2.35. The Kier molecular flexibility index (Phi) is 3.67. The monoisotopic (exact) mass is 296 g/mol. The van der Waals surface area contributed by atoms with Crippen LogP contribution in [-0.2, 0) is 13.6 Å². The summed E-state index contributed by atoms with van der Waals surface area (Å²) in [4.78, 5) is 14.3. The highest BCUT2D eigenvalue weighted by Gasteiger charge is 2.17. The molecule has 3 nitrogen and oxygen atoms in total. The Hall–Kier alpha value is -2.62. The van der Waals surface area contributed by atoms with Crippen LogP contribution in [0.1, 0.15) is 16.1 Å². The summed E-state index contributed by atoms with van der Waals surface area (Å²) < 4.78 is 15.1. The van der Waals surface area contributed by atoms with Crippen LogP contribution < -0.4 is 0 Å². The Morgan fingerprint density at radius 2 is 1.86 bits per heavy atom. The van der Waals surface area contributed by atoms with Crippen molar-refractivity contribution < 1.29 is 9.18 Å². The molecule has 112 valence electrons. The van der Waals surface area contributed by atoms with Gasteiger partial charge in [0.2, 0.25) is 0 Å². The fourth-order valence-electron chi connectivity index (χ4n) is 2.63. The zero-order valence-electron chi connectivity index (χ0n) is 12.6. The van der Waals surface area contributed by atoms with Crippen molar-refractivity contribution in [2.24, 2.45) is 7.05 Å². The fourth-order valence-corrected chi connectivity index (χ4v) is 2.63. The highest BCUT2D eigenvalue weighted by molar-refractivity contribution is 5.98. The van der Waals surface area contributed by atoms with Gasteiger partial charge >= 0.3 is 0 Å². The smallest absolute Gasteiger partial charge is 0.270 e. The Bertz CT molecular complexity index is 824. The number of amides is 1. The molecule has 0 radical (unpaired) electrons. The number of carbonyl (C=O) groups excluding carboxylic acids is 1. The van der Waals surface area contributed by atoms with Gasteiger partial charge in [0.05, 0.1) is 5.52 Å². The van der Waals surface area contributed by atoms with Gasteiger partial charge in [0.15, 0.2) is 0 Å². The van der Waals surface area contributed by atoms with Crippen molar-refractivity contribution in [1.82, 2.24) is 9.47 Å². The van der Waals surface area contributed by atoms with Crippen LogP contribution >= 0.6 is 0 Å².